The second-order valence-corrected chi connectivity index (χ2v) is 2.64. The van der Waals surface area contributed by atoms with Crippen LogP contribution in [0.25, 0.3) is 0 Å². The quantitative estimate of drug-likeness (QED) is 0.544. The van der Waals surface area contributed by atoms with E-state index < -0.39 is 0 Å². The summed E-state index contributed by atoms with van der Waals surface area (Å²) in [5.74, 6) is 1.34. The van der Waals surface area contributed by atoms with Gasteiger partial charge in [-0.1, -0.05) is 6.92 Å². The maximum Gasteiger partial charge on any atom is 0.208 e. The lowest BCUT2D eigenvalue weighted by Gasteiger charge is -2.14. The Morgan fingerprint density at radius 1 is 1.70 bits per heavy atom. The number of hydrogen-bond acceptors (Lipinski definition) is 2. The maximum absolute atomic E-state index is 4.98. The molecular formula is C8H13NO. The van der Waals surface area contributed by atoms with Gasteiger partial charge in [0.05, 0.1) is 7.11 Å². The lowest BCUT2D eigenvalue weighted by Crippen LogP contribution is -2.10. The van der Waals surface area contributed by atoms with Gasteiger partial charge in [0, 0.05) is 5.71 Å². The van der Waals surface area contributed by atoms with Crippen molar-refractivity contribution in [3.8, 4) is 0 Å². The van der Waals surface area contributed by atoms with Crippen LogP contribution >= 0.6 is 0 Å². The van der Waals surface area contributed by atoms with E-state index in [0.29, 0.717) is 5.92 Å². The maximum atomic E-state index is 4.98. The molecule has 2 heteroatoms. The summed E-state index contributed by atoms with van der Waals surface area (Å²) in [5, 5.41) is 0. The van der Waals surface area contributed by atoms with Gasteiger partial charge in [-0.15, -0.1) is 0 Å². The zero-order chi connectivity index (χ0) is 7.56. The topological polar surface area (TPSA) is 21.6 Å². The van der Waals surface area contributed by atoms with Crippen molar-refractivity contribution in [1.29, 1.82) is 0 Å². The summed E-state index contributed by atoms with van der Waals surface area (Å²) in [6, 6.07) is 0. The molecule has 1 atom stereocenters. The van der Waals surface area contributed by atoms with E-state index in [1.54, 1.807) is 7.11 Å². The van der Waals surface area contributed by atoms with E-state index >= 15 is 0 Å². The van der Waals surface area contributed by atoms with E-state index in [0.717, 1.165) is 12.3 Å². The van der Waals surface area contributed by atoms with Crippen molar-refractivity contribution in [2.75, 3.05) is 7.11 Å². The molecule has 0 amide bonds. The highest BCUT2D eigenvalue weighted by molar-refractivity contribution is 5.85. The molecule has 2 nitrogen and oxygen atoms in total. The van der Waals surface area contributed by atoms with Gasteiger partial charge in [0.15, 0.2) is 0 Å². The molecule has 0 saturated heterocycles. The molecule has 1 aliphatic heterocycles. The molecule has 0 N–H and O–H groups in total. The lowest BCUT2D eigenvalue weighted by molar-refractivity contribution is 0.283. The average Bonchev–Trinajstić information content (AvgIpc) is 1.95. The number of rotatable bonds is 1. The van der Waals surface area contributed by atoms with Gasteiger partial charge in [0.2, 0.25) is 5.88 Å². The molecule has 0 aromatic rings. The van der Waals surface area contributed by atoms with E-state index in [9.17, 15) is 0 Å². The Morgan fingerprint density at radius 2 is 2.40 bits per heavy atom. The van der Waals surface area contributed by atoms with Crippen molar-refractivity contribution >= 4 is 5.71 Å². The monoisotopic (exact) mass is 139 g/mol. The zero-order valence-corrected chi connectivity index (χ0v) is 6.72. The van der Waals surface area contributed by atoms with E-state index in [1.807, 2.05) is 13.0 Å². The molecule has 1 heterocycles. The number of allylic oxidation sites excluding steroid dienone is 1. The smallest absolute Gasteiger partial charge is 0.208 e. The largest absolute Gasteiger partial charge is 0.481 e. The molecule has 1 aliphatic rings. The first kappa shape index (κ1) is 7.32. The summed E-state index contributed by atoms with van der Waals surface area (Å²) in [7, 11) is 1.65. The van der Waals surface area contributed by atoms with Crippen LogP contribution in [0, 0.1) is 5.92 Å². The summed E-state index contributed by atoms with van der Waals surface area (Å²) in [6.07, 6.45) is 3.08. The minimum Gasteiger partial charge on any atom is -0.481 e. The summed E-state index contributed by atoms with van der Waals surface area (Å²) < 4.78 is 4.98. The van der Waals surface area contributed by atoms with Gasteiger partial charge in [0.25, 0.3) is 0 Å². The van der Waals surface area contributed by atoms with E-state index in [1.165, 1.54) is 5.71 Å². The Morgan fingerprint density at radius 3 is 2.90 bits per heavy atom. The van der Waals surface area contributed by atoms with Crippen LogP contribution < -0.4 is 0 Å². The van der Waals surface area contributed by atoms with Crippen molar-refractivity contribution in [1.82, 2.24) is 0 Å². The fourth-order valence-electron chi connectivity index (χ4n) is 0.907. The molecular weight excluding hydrogens is 126 g/mol. The van der Waals surface area contributed by atoms with Crippen molar-refractivity contribution in [2.45, 2.75) is 20.3 Å². The molecule has 0 radical (unpaired) electrons. The van der Waals surface area contributed by atoms with Crippen molar-refractivity contribution in [3.63, 3.8) is 0 Å². The predicted molar refractivity (Wildman–Crippen MR) is 42.0 cm³/mol. The highest BCUT2D eigenvalue weighted by Crippen LogP contribution is 2.16. The molecule has 1 unspecified atom stereocenters. The molecule has 0 saturated carbocycles. The van der Waals surface area contributed by atoms with Crippen LogP contribution in [0.5, 0.6) is 0 Å². The van der Waals surface area contributed by atoms with Crippen LogP contribution in [0.3, 0.4) is 0 Å². The van der Waals surface area contributed by atoms with Crippen molar-refractivity contribution < 1.29 is 4.74 Å². The van der Waals surface area contributed by atoms with E-state index in [2.05, 4.69) is 11.9 Å². The predicted octanol–water partition coefficient (Wildman–Crippen LogP) is 1.97. The fraction of sp³-hybridized carbons (Fsp3) is 0.625. The van der Waals surface area contributed by atoms with Gasteiger partial charge in [-0.05, 0) is 25.3 Å². The van der Waals surface area contributed by atoms with Crippen molar-refractivity contribution in [3.05, 3.63) is 12.0 Å². The zero-order valence-electron chi connectivity index (χ0n) is 6.72. The summed E-state index contributed by atoms with van der Waals surface area (Å²) in [5.41, 5.74) is 1.17. The van der Waals surface area contributed by atoms with Gasteiger partial charge in [-0.3, -0.25) is 0 Å². The molecule has 0 spiro atoms. The van der Waals surface area contributed by atoms with Crippen LogP contribution in [-0.4, -0.2) is 12.8 Å². The van der Waals surface area contributed by atoms with Gasteiger partial charge in [-0.25, -0.2) is 4.99 Å². The summed E-state index contributed by atoms with van der Waals surface area (Å²) in [4.78, 5) is 4.24. The third-order valence-electron chi connectivity index (χ3n) is 1.85. The van der Waals surface area contributed by atoms with Crippen LogP contribution in [0.4, 0.5) is 0 Å². The second-order valence-electron chi connectivity index (χ2n) is 2.64. The number of ether oxygens (including phenoxy) is 1. The first-order chi connectivity index (χ1) is 4.74. The number of methoxy groups -OCH3 is 1. The fourth-order valence-corrected chi connectivity index (χ4v) is 0.907. The highest BCUT2D eigenvalue weighted by atomic mass is 16.5. The first-order valence-electron chi connectivity index (χ1n) is 3.53. The van der Waals surface area contributed by atoms with Gasteiger partial charge >= 0.3 is 0 Å². The van der Waals surface area contributed by atoms with E-state index in [-0.39, 0.29) is 0 Å². The molecule has 10 heavy (non-hydrogen) atoms. The third-order valence-corrected chi connectivity index (χ3v) is 1.85. The molecule has 0 aromatic heterocycles. The summed E-state index contributed by atoms with van der Waals surface area (Å²) >= 11 is 0. The van der Waals surface area contributed by atoms with Gasteiger partial charge in [-0.2, -0.15) is 0 Å². The Balaban J connectivity index is 2.69. The average molecular weight is 139 g/mol. The SMILES string of the molecule is COC1=CCC(C)C(C)=N1. The Kier molecular flexibility index (Phi) is 2.10. The summed E-state index contributed by atoms with van der Waals surface area (Å²) in [6.45, 7) is 4.21. The standard InChI is InChI=1S/C8H13NO/c1-6-4-5-8(10-3)9-7(6)2/h5-6H,4H2,1-3H3. The molecule has 0 aromatic carbocycles. The minimum atomic E-state index is 0.582. The van der Waals surface area contributed by atoms with Gasteiger partial charge < -0.3 is 4.74 Å². The van der Waals surface area contributed by atoms with Crippen molar-refractivity contribution in [2.24, 2.45) is 10.9 Å². The van der Waals surface area contributed by atoms with Crippen LogP contribution in [-0.2, 0) is 4.74 Å². The Hall–Kier alpha value is -0.790. The van der Waals surface area contributed by atoms with Gasteiger partial charge in [0.1, 0.15) is 0 Å². The Bertz CT molecular complexity index is 182. The number of nitrogens with zero attached hydrogens (tertiary/aromatic N) is 1. The first-order valence-corrected chi connectivity index (χ1v) is 3.53. The highest BCUT2D eigenvalue weighted by Gasteiger charge is 2.10. The molecule has 0 aliphatic carbocycles. The lowest BCUT2D eigenvalue weighted by atomic mass is 10.0. The van der Waals surface area contributed by atoms with E-state index in [4.69, 9.17) is 4.74 Å². The molecule has 0 bridgehead atoms. The molecule has 0 fully saturated rings. The molecule has 1 rings (SSSR count). The minimum absolute atomic E-state index is 0.582. The van der Waals surface area contributed by atoms with Crippen LogP contribution in [0.2, 0.25) is 0 Å². The number of hydrogen-bond donors (Lipinski definition) is 0. The third kappa shape index (κ3) is 1.38. The number of aliphatic imine (C=N–C) groups is 1. The normalized spacial score (nSPS) is 25.3. The van der Waals surface area contributed by atoms with Crippen LogP contribution in [0.1, 0.15) is 20.3 Å². The van der Waals surface area contributed by atoms with Crippen LogP contribution in [0.15, 0.2) is 17.0 Å². The second kappa shape index (κ2) is 2.86. The molecule has 56 valence electrons. The Labute approximate surface area is 61.6 Å².